The van der Waals surface area contributed by atoms with Crippen molar-refractivity contribution in [3.8, 4) is 5.75 Å². The van der Waals surface area contributed by atoms with Crippen LogP contribution in [0.15, 0.2) is 36.5 Å². The van der Waals surface area contributed by atoms with Gasteiger partial charge in [-0.15, -0.1) is 0 Å². The molecular weight excluding hydrogens is 260 g/mol. The minimum Gasteiger partial charge on any atom is -0.493 e. The first-order valence-corrected chi connectivity index (χ1v) is 7.78. The number of benzene rings is 1. The van der Waals surface area contributed by atoms with Crippen molar-refractivity contribution in [3.63, 3.8) is 0 Å². The molecule has 1 aromatic heterocycles. The predicted octanol–water partition coefficient (Wildman–Crippen LogP) is 3.14. The normalized spacial score (nSPS) is 21.3. The van der Waals surface area contributed by atoms with Crippen molar-refractivity contribution in [2.75, 3.05) is 6.61 Å². The largest absolute Gasteiger partial charge is 0.493 e. The SMILES string of the molecule is NC(c1ccc2c(c1)CCO2)C1CCCc2cccnc21. The third-order valence-corrected chi connectivity index (χ3v) is 4.77. The first kappa shape index (κ1) is 12.8. The van der Waals surface area contributed by atoms with Crippen LogP contribution in [0.4, 0.5) is 0 Å². The summed E-state index contributed by atoms with van der Waals surface area (Å²) in [5.74, 6) is 1.35. The lowest BCUT2D eigenvalue weighted by Crippen LogP contribution is -2.24. The minimum absolute atomic E-state index is 0.0184. The van der Waals surface area contributed by atoms with Crippen LogP contribution in [0.1, 0.15) is 47.2 Å². The molecule has 3 heteroatoms. The highest BCUT2D eigenvalue weighted by Crippen LogP contribution is 2.39. The van der Waals surface area contributed by atoms with E-state index in [0.29, 0.717) is 5.92 Å². The summed E-state index contributed by atoms with van der Waals surface area (Å²) in [6.07, 6.45) is 6.34. The van der Waals surface area contributed by atoms with E-state index in [-0.39, 0.29) is 6.04 Å². The van der Waals surface area contributed by atoms with E-state index < -0.39 is 0 Å². The molecule has 1 aliphatic heterocycles. The molecule has 2 aliphatic rings. The number of nitrogens with two attached hydrogens (primary N) is 1. The van der Waals surface area contributed by atoms with Gasteiger partial charge >= 0.3 is 0 Å². The van der Waals surface area contributed by atoms with Crippen molar-refractivity contribution in [2.45, 2.75) is 37.6 Å². The highest BCUT2D eigenvalue weighted by atomic mass is 16.5. The Labute approximate surface area is 125 Å². The number of fused-ring (bicyclic) bond motifs is 2. The summed E-state index contributed by atoms with van der Waals surface area (Å²) in [6.45, 7) is 0.793. The van der Waals surface area contributed by atoms with Crippen molar-refractivity contribution in [1.29, 1.82) is 0 Å². The highest BCUT2D eigenvalue weighted by Gasteiger charge is 2.28. The van der Waals surface area contributed by atoms with Gasteiger partial charge in [-0.25, -0.2) is 0 Å². The van der Waals surface area contributed by atoms with Crippen LogP contribution in [0.5, 0.6) is 5.75 Å². The second kappa shape index (κ2) is 5.15. The first-order chi connectivity index (χ1) is 10.3. The number of hydrogen-bond donors (Lipinski definition) is 1. The summed E-state index contributed by atoms with van der Waals surface area (Å²) in [4.78, 5) is 4.62. The van der Waals surface area contributed by atoms with Gasteiger partial charge in [-0.2, -0.15) is 0 Å². The van der Waals surface area contributed by atoms with Crippen LogP contribution in [-0.4, -0.2) is 11.6 Å². The summed E-state index contributed by atoms with van der Waals surface area (Å²) in [5, 5.41) is 0. The lowest BCUT2D eigenvalue weighted by Gasteiger charge is -2.29. The third kappa shape index (κ3) is 2.22. The Kier molecular flexibility index (Phi) is 3.15. The van der Waals surface area contributed by atoms with Gasteiger partial charge in [0, 0.05) is 30.3 Å². The molecule has 1 aliphatic carbocycles. The Morgan fingerprint density at radius 1 is 1.19 bits per heavy atom. The maximum atomic E-state index is 6.60. The maximum absolute atomic E-state index is 6.60. The average molecular weight is 280 g/mol. The molecule has 2 N–H and O–H groups in total. The number of pyridine rings is 1. The molecule has 0 saturated heterocycles. The van der Waals surface area contributed by atoms with E-state index in [1.165, 1.54) is 28.8 Å². The topological polar surface area (TPSA) is 48.1 Å². The zero-order valence-corrected chi connectivity index (χ0v) is 12.1. The number of hydrogen-bond acceptors (Lipinski definition) is 3. The van der Waals surface area contributed by atoms with E-state index in [4.69, 9.17) is 10.5 Å². The summed E-state index contributed by atoms with van der Waals surface area (Å²) in [6, 6.07) is 10.7. The average Bonchev–Trinajstić information content (AvgIpc) is 3.01. The Hall–Kier alpha value is -1.87. The fourth-order valence-corrected chi connectivity index (χ4v) is 3.64. The van der Waals surface area contributed by atoms with Gasteiger partial charge in [0.05, 0.1) is 6.61 Å². The monoisotopic (exact) mass is 280 g/mol. The Morgan fingerprint density at radius 3 is 3.10 bits per heavy atom. The van der Waals surface area contributed by atoms with Gasteiger partial charge < -0.3 is 10.5 Å². The molecule has 0 radical (unpaired) electrons. The molecule has 4 rings (SSSR count). The zero-order chi connectivity index (χ0) is 14.2. The number of rotatable bonds is 2. The Balaban J connectivity index is 1.68. The third-order valence-electron chi connectivity index (χ3n) is 4.77. The summed E-state index contributed by atoms with van der Waals surface area (Å²) in [5.41, 5.74) is 11.7. The van der Waals surface area contributed by atoms with Gasteiger partial charge in [0.1, 0.15) is 5.75 Å². The van der Waals surface area contributed by atoms with Crippen LogP contribution in [0.25, 0.3) is 0 Å². The van der Waals surface area contributed by atoms with Gasteiger partial charge in [0.2, 0.25) is 0 Å². The molecule has 21 heavy (non-hydrogen) atoms. The number of nitrogens with zero attached hydrogens (tertiary/aromatic N) is 1. The predicted molar refractivity (Wildman–Crippen MR) is 82.5 cm³/mol. The molecule has 2 aromatic rings. The van der Waals surface area contributed by atoms with E-state index in [1.807, 2.05) is 12.3 Å². The number of aromatic nitrogens is 1. The Morgan fingerprint density at radius 2 is 2.14 bits per heavy atom. The van der Waals surface area contributed by atoms with Crippen LogP contribution in [0.3, 0.4) is 0 Å². The molecular formula is C18H20N2O. The first-order valence-electron chi connectivity index (χ1n) is 7.78. The number of aryl methyl sites for hydroxylation is 1. The van der Waals surface area contributed by atoms with Crippen molar-refractivity contribution in [2.24, 2.45) is 5.73 Å². The van der Waals surface area contributed by atoms with Gasteiger partial charge in [0.15, 0.2) is 0 Å². The molecule has 108 valence electrons. The second-order valence-electron chi connectivity index (χ2n) is 6.04. The van der Waals surface area contributed by atoms with Gasteiger partial charge in [-0.05, 0) is 48.1 Å². The van der Waals surface area contributed by atoms with Crippen molar-refractivity contribution in [3.05, 3.63) is 58.9 Å². The summed E-state index contributed by atoms with van der Waals surface area (Å²) in [7, 11) is 0. The van der Waals surface area contributed by atoms with E-state index in [1.54, 1.807) is 0 Å². The van der Waals surface area contributed by atoms with E-state index in [9.17, 15) is 0 Å². The fraction of sp³-hybridized carbons (Fsp3) is 0.389. The van der Waals surface area contributed by atoms with E-state index >= 15 is 0 Å². The van der Waals surface area contributed by atoms with Crippen molar-refractivity contribution < 1.29 is 4.74 Å². The lowest BCUT2D eigenvalue weighted by atomic mass is 9.80. The molecule has 2 atom stereocenters. The Bertz CT molecular complexity index is 668. The van der Waals surface area contributed by atoms with E-state index in [0.717, 1.165) is 31.6 Å². The van der Waals surface area contributed by atoms with Crippen molar-refractivity contribution in [1.82, 2.24) is 4.98 Å². The van der Waals surface area contributed by atoms with Crippen LogP contribution in [0, 0.1) is 0 Å². The zero-order valence-electron chi connectivity index (χ0n) is 12.1. The van der Waals surface area contributed by atoms with Gasteiger partial charge in [-0.3, -0.25) is 4.98 Å². The molecule has 0 fully saturated rings. The van der Waals surface area contributed by atoms with Crippen LogP contribution in [0.2, 0.25) is 0 Å². The van der Waals surface area contributed by atoms with Crippen LogP contribution in [-0.2, 0) is 12.8 Å². The molecule has 0 bridgehead atoms. The smallest absolute Gasteiger partial charge is 0.122 e. The van der Waals surface area contributed by atoms with Gasteiger partial charge in [0.25, 0.3) is 0 Å². The fourth-order valence-electron chi connectivity index (χ4n) is 3.64. The van der Waals surface area contributed by atoms with Crippen LogP contribution >= 0.6 is 0 Å². The quantitative estimate of drug-likeness (QED) is 0.919. The second-order valence-corrected chi connectivity index (χ2v) is 6.04. The standard InChI is InChI=1S/C18H20N2O/c19-17(14-6-7-16-13(11-14)8-10-21-16)15-5-1-3-12-4-2-9-20-18(12)15/h2,4,6-7,9,11,15,17H,1,3,5,8,10,19H2. The summed E-state index contributed by atoms with van der Waals surface area (Å²) >= 11 is 0. The summed E-state index contributed by atoms with van der Waals surface area (Å²) < 4.78 is 5.58. The van der Waals surface area contributed by atoms with Crippen LogP contribution < -0.4 is 10.5 Å². The molecule has 1 aromatic carbocycles. The lowest BCUT2D eigenvalue weighted by molar-refractivity contribution is 0.356. The molecule has 0 amide bonds. The minimum atomic E-state index is 0.0184. The molecule has 2 unspecified atom stereocenters. The number of ether oxygens (including phenoxy) is 1. The highest BCUT2D eigenvalue weighted by molar-refractivity contribution is 5.42. The van der Waals surface area contributed by atoms with Crippen molar-refractivity contribution >= 4 is 0 Å². The van der Waals surface area contributed by atoms with E-state index in [2.05, 4.69) is 29.2 Å². The molecule has 2 heterocycles. The maximum Gasteiger partial charge on any atom is 0.122 e. The molecule has 0 spiro atoms. The molecule has 3 nitrogen and oxygen atoms in total. The molecule has 0 saturated carbocycles. The van der Waals surface area contributed by atoms with Gasteiger partial charge in [-0.1, -0.05) is 18.2 Å².